The van der Waals surface area contributed by atoms with Crippen molar-refractivity contribution in [1.82, 2.24) is 9.80 Å². The van der Waals surface area contributed by atoms with Crippen molar-refractivity contribution in [3.63, 3.8) is 0 Å². The van der Waals surface area contributed by atoms with Gasteiger partial charge in [-0.1, -0.05) is 29.8 Å². The maximum atomic E-state index is 6.07. The van der Waals surface area contributed by atoms with E-state index in [1.807, 2.05) is 28.2 Å². The van der Waals surface area contributed by atoms with E-state index in [0.29, 0.717) is 5.92 Å². The predicted octanol–water partition coefficient (Wildman–Crippen LogP) is 2.94. The third-order valence-corrected chi connectivity index (χ3v) is 4.12. The first-order valence-corrected chi connectivity index (χ1v) is 8.06. The van der Waals surface area contributed by atoms with Gasteiger partial charge in [0.2, 0.25) is 0 Å². The molecule has 22 heavy (non-hydrogen) atoms. The van der Waals surface area contributed by atoms with Gasteiger partial charge in [-0.25, -0.2) is 0 Å². The van der Waals surface area contributed by atoms with Gasteiger partial charge in [0.1, 0.15) is 0 Å². The summed E-state index contributed by atoms with van der Waals surface area (Å²) in [5.41, 5.74) is 2.57. The first kappa shape index (κ1) is 16.8. The highest BCUT2D eigenvalue weighted by Crippen LogP contribution is 2.34. The minimum atomic E-state index is 0.170. The Hall–Kier alpha value is -1.55. The maximum absolute atomic E-state index is 6.07. The second-order valence-electron chi connectivity index (χ2n) is 6.53. The Kier molecular flexibility index (Phi) is 5.83. The molecule has 0 amide bonds. The van der Waals surface area contributed by atoms with Gasteiger partial charge in [-0.3, -0.25) is 4.99 Å². The van der Waals surface area contributed by atoms with Crippen molar-refractivity contribution in [2.24, 2.45) is 10.9 Å². The molecule has 4 heteroatoms. The van der Waals surface area contributed by atoms with Crippen LogP contribution >= 0.6 is 0 Å². The summed E-state index contributed by atoms with van der Waals surface area (Å²) in [4.78, 5) is 8.95. The van der Waals surface area contributed by atoms with Crippen molar-refractivity contribution in [2.45, 2.75) is 25.9 Å². The first-order chi connectivity index (χ1) is 10.5. The summed E-state index contributed by atoms with van der Waals surface area (Å²) in [5, 5.41) is 0. The Morgan fingerprint density at radius 2 is 1.77 bits per heavy atom. The van der Waals surface area contributed by atoms with Crippen molar-refractivity contribution < 1.29 is 4.74 Å². The number of hydrogen-bond donors (Lipinski definition) is 0. The highest BCUT2D eigenvalue weighted by atomic mass is 16.5. The van der Waals surface area contributed by atoms with Crippen LogP contribution in [0, 0.1) is 12.8 Å². The number of nitrogens with zero attached hydrogens (tertiary/aromatic N) is 3. The normalized spacial score (nSPS) is 21.3. The molecular formula is C18H29N3O. The first-order valence-electron chi connectivity index (χ1n) is 8.06. The number of hydrogen-bond acceptors (Lipinski definition) is 2. The van der Waals surface area contributed by atoms with E-state index in [1.54, 1.807) is 0 Å². The Balaban J connectivity index is 2.13. The predicted molar refractivity (Wildman–Crippen MR) is 92.3 cm³/mol. The fraction of sp³-hybridized carbons (Fsp3) is 0.611. The van der Waals surface area contributed by atoms with E-state index in [1.165, 1.54) is 17.5 Å². The Labute approximate surface area is 134 Å². The lowest BCUT2D eigenvalue weighted by molar-refractivity contribution is -0.0251. The second-order valence-corrected chi connectivity index (χ2v) is 6.53. The minimum Gasteiger partial charge on any atom is -0.373 e. The van der Waals surface area contributed by atoms with E-state index in [0.717, 1.165) is 25.5 Å². The molecule has 4 nitrogen and oxygen atoms in total. The molecule has 0 aromatic heterocycles. The third kappa shape index (κ3) is 4.23. The maximum Gasteiger partial charge on any atom is 0.195 e. The van der Waals surface area contributed by atoms with Gasteiger partial charge in [-0.2, -0.15) is 0 Å². The summed E-state index contributed by atoms with van der Waals surface area (Å²) in [6.45, 7) is 3.78. The molecule has 1 heterocycles. The topological polar surface area (TPSA) is 28.1 Å². The lowest BCUT2D eigenvalue weighted by atomic mass is 9.89. The van der Waals surface area contributed by atoms with E-state index >= 15 is 0 Å². The molecule has 0 aliphatic carbocycles. The van der Waals surface area contributed by atoms with Crippen molar-refractivity contribution in [2.75, 3.05) is 41.3 Å². The zero-order valence-electron chi connectivity index (χ0n) is 14.5. The van der Waals surface area contributed by atoms with E-state index in [-0.39, 0.29) is 6.10 Å². The zero-order valence-corrected chi connectivity index (χ0v) is 14.5. The van der Waals surface area contributed by atoms with Crippen LogP contribution in [0.4, 0.5) is 0 Å². The van der Waals surface area contributed by atoms with Gasteiger partial charge in [0, 0.05) is 47.3 Å². The highest BCUT2D eigenvalue weighted by Gasteiger charge is 2.27. The van der Waals surface area contributed by atoms with Gasteiger partial charge in [0.25, 0.3) is 0 Å². The van der Waals surface area contributed by atoms with Gasteiger partial charge in [-0.05, 0) is 25.3 Å². The fourth-order valence-electron chi connectivity index (χ4n) is 3.04. The van der Waals surface area contributed by atoms with Crippen LogP contribution in [0.3, 0.4) is 0 Å². The van der Waals surface area contributed by atoms with Gasteiger partial charge in [-0.15, -0.1) is 0 Å². The number of aryl methyl sites for hydroxylation is 1. The van der Waals surface area contributed by atoms with Crippen molar-refractivity contribution in [1.29, 1.82) is 0 Å². The molecule has 0 saturated carbocycles. The van der Waals surface area contributed by atoms with Crippen LogP contribution in [0.5, 0.6) is 0 Å². The molecule has 2 rings (SSSR count). The van der Waals surface area contributed by atoms with Crippen LogP contribution in [-0.2, 0) is 4.74 Å². The molecule has 1 aliphatic rings. The van der Waals surface area contributed by atoms with Crippen LogP contribution in [0.1, 0.15) is 30.1 Å². The van der Waals surface area contributed by atoms with E-state index in [9.17, 15) is 0 Å². The summed E-state index contributed by atoms with van der Waals surface area (Å²) in [7, 11) is 8.14. The molecule has 2 unspecified atom stereocenters. The number of aliphatic imine (C=N–C) groups is 1. The molecule has 0 radical (unpaired) electrons. The smallest absolute Gasteiger partial charge is 0.195 e. The lowest BCUT2D eigenvalue weighted by Crippen LogP contribution is -2.36. The second kappa shape index (κ2) is 7.63. The summed E-state index contributed by atoms with van der Waals surface area (Å²) >= 11 is 0. The molecular weight excluding hydrogens is 274 g/mol. The molecule has 0 bridgehead atoms. The van der Waals surface area contributed by atoms with Crippen molar-refractivity contribution in [3.05, 3.63) is 35.4 Å². The van der Waals surface area contributed by atoms with E-state index in [2.05, 4.69) is 41.0 Å². The highest BCUT2D eigenvalue weighted by molar-refractivity contribution is 5.79. The third-order valence-electron chi connectivity index (χ3n) is 4.12. The molecule has 1 fully saturated rings. The molecule has 1 saturated heterocycles. The molecule has 1 aliphatic heterocycles. The fourth-order valence-corrected chi connectivity index (χ4v) is 3.04. The Morgan fingerprint density at radius 3 is 2.36 bits per heavy atom. The van der Waals surface area contributed by atoms with Crippen LogP contribution < -0.4 is 0 Å². The van der Waals surface area contributed by atoms with Gasteiger partial charge < -0.3 is 14.5 Å². The molecule has 1 aromatic carbocycles. The molecule has 0 N–H and O–H groups in total. The van der Waals surface area contributed by atoms with E-state index in [4.69, 9.17) is 9.73 Å². The minimum absolute atomic E-state index is 0.170. The summed E-state index contributed by atoms with van der Waals surface area (Å²) < 4.78 is 6.07. The SMILES string of the molecule is Cc1ccc(C2OCCCC2CN=C(N(C)C)N(C)C)cc1. The number of benzene rings is 1. The average Bonchev–Trinajstić information content (AvgIpc) is 2.48. The number of rotatable bonds is 3. The molecule has 122 valence electrons. The molecule has 2 atom stereocenters. The van der Waals surface area contributed by atoms with Crippen LogP contribution in [0.15, 0.2) is 29.3 Å². The largest absolute Gasteiger partial charge is 0.373 e. The zero-order chi connectivity index (χ0) is 16.1. The van der Waals surface area contributed by atoms with Crippen molar-refractivity contribution >= 4 is 5.96 Å². The summed E-state index contributed by atoms with van der Waals surface area (Å²) in [6.07, 6.45) is 2.47. The van der Waals surface area contributed by atoms with E-state index < -0.39 is 0 Å². The van der Waals surface area contributed by atoms with Gasteiger partial charge in [0.15, 0.2) is 5.96 Å². The average molecular weight is 303 g/mol. The van der Waals surface area contributed by atoms with Crippen LogP contribution in [0.25, 0.3) is 0 Å². The molecule has 0 spiro atoms. The van der Waals surface area contributed by atoms with Crippen LogP contribution in [-0.4, -0.2) is 57.1 Å². The monoisotopic (exact) mass is 303 g/mol. The van der Waals surface area contributed by atoms with Gasteiger partial charge >= 0.3 is 0 Å². The van der Waals surface area contributed by atoms with Crippen molar-refractivity contribution in [3.8, 4) is 0 Å². The summed E-state index contributed by atoms with van der Waals surface area (Å²) in [6, 6.07) is 8.72. The Bertz CT molecular complexity index is 484. The van der Waals surface area contributed by atoms with Crippen LogP contribution in [0.2, 0.25) is 0 Å². The summed E-state index contributed by atoms with van der Waals surface area (Å²) in [5.74, 6) is 1.46. The standard InChI is InChI=1S/C18H29N3O/c1-14-8-10-15(11-9-14)17-16(7-6-12-22-17)13-19-18(20(2)3)21(4)5/h8-11,16-17H,6-7,12-13H2,1-5H3. The quantitative estimate of drug-likeness (QED) is 0.635. The lowest BCUT2D eigenvalue weighted by Gasteiger charge is -2.32. The Morgan fingerprint density at radius 1 is 1.14 bits per heavy atom. The van der Waals surface area contributed by atoms with Gasteiger partial charge in [0.05, 0.1) is 6.10 Å². The molecule has 1 aromatic rings. The number of guanidine groups is 1. The number of ether oxygens (including phenoxy) is 1.